The molecule has 0 amide bonds. The number of fused-ring (bicyclic) bond motifs is 1. The molecule has 1 unspecified atom stereocenters. The number of methoxy groups -OCH3 is 1. The predicted molar refractivity (Wildman–Crippen MR) is 114 cm³/mol. The molecule has 3 heteroatoms. The predicted octanol–water partition coefficient (Wildman–Crippen LogP) is 6.69. The zero-order valence-corrected chi connectivity index (χ0v) is 16.5. The van der Waals surface area contributed by atoms with Crippen molar-refractivity contribution in [3.05, 3.63) is 106 Å². The Labute approximate surface area is 167 Å². The van der Waals surface area contributed by atoms with E-state index in [1.807, 2.05) is 54.6 Å². The van der Waals surface area contributed by atoms with Crippen LogP contribution in [0.1, 0.15) is 22.8 Å². The van der Waals surface area contributed by atoms with Crippen molar-refractivity contribution in [2.75, 3.05) is 7.11 Å². The van der Waals surface area contributed by atoms with Crippen molar-refractivity contribution in [3.8, 4) is 11.5 Å². The van der Waals surface area contributed by atoms with Gasteiger partial charge in [0.1, 0.15) is 17.6 Å². The van der Waals surface area contributed by atoms with Crippen molar-refractivity contribution < 1.29 is 9.47 Å². The SMILES string of the molecule is COc1ccc(/C=C\C2=Cc3cc(Br)ccc3OC2c2ccccc2)cc1. The Morgan fingerprint density at radius 3 is 2.44 bits per heavy atom. The van der Waals surface area contributed by atoms with Gasteiger partial charge in [-0.25, -0.2) is 0 Å². The quantitative estimate of drug-likeness (QED) is 0.469. The smallest absolute Gasteiger partial charge is 0.149 e. The molecule has 134 valence electrons. The van der Waals surface area contributed by atoms with Crippen molar-refractivity contribution in [1.29, 1.82) is 0 Å². The zero-order chi connectivity index (χ0) is 18.6. The molecule has 0 aromatic heterocycles. The van der Waals surface area contributed by atoms with Crippen LogP contribution < -0.4 is 9.47 Å². The van der Waals surface area contributed by atoms with Gasteiger partial charge in [0.15, 0.2) is 0 Å². The number of rotatable bonds is 4. The molecule has 0 spiro atoms. The number of halogens is 1. The molecule has 0 N–H and O–H groups in total. The maximum absolute atomic E-state index is 6.35. The van der Waals surface area contributed by atoms with Gasteiger partial charge >= 0.3 is 0 Å². The van der Waals surface area contributed by atoms with Crippen molar-refractivity contribution in [2.45, 2.75) is 6.10 Å². The fourth-order valence-corrected chi connectivity index (χ4v) is 3.50. The highest BCUT2D eigenvalue weighted by atomic mass is 79.9. The molecule has 0 bridgehead atoms. The Morgan fingerprint density at radius 2 is 1.70 bits per heavy atom. The lowest BCUT2D eigenvalue weighted by Gasteiger charge is -2.26. The van der Waals surface area contributed by atoms with Crippen molar-refractivity contribution in [3.63, 3.8) is 0 Å². The van der Waals surface area contributed by atoms with E-state index >= 15 is 0 Å². The van der Waals surface area contributed by atoms with Crippen LogP contribution in [0.5, 0.6) is 11.5 Å². The lowest BCUT2D eigenvalue weighted by Crippen LogP contribution is -2.13. The Bertz CT molecular complexity index is 989. The van der Waals surface area contributed by atoms with E-state index in [-0.39, 0.29) is 6.10 Å². The van der Waals surface area contributed by atoms with Gasteiger partial charge in [-0.05, 0) is 53.1 Å². The molecule has 0 saturated heterocycles. The van der Waals surface area contributed by atoms with Crippen LogP contribution in [0.3, 0.4) is 0 Å². The van der Waals surface area contributed by atoms with Crippen LogP contribution in [-0.2, 0) is 0 Å². The summed E-state index contributed by atoms with van der Waals surface area (Å²) in [5.41, 5.74) is 4.44. The number of hydrogen-bond acceptors (Lipinski definition) is 2. The lowest BCUT2D eigenvalue weighted by molar-refractivity contribution is 0.243. The first-order valence-electron chi connectivity index (χ1n) is 8.78. The summed E-state index contributed by atoms with van der Waals surface area (Å²) < 4.78 is 12.6. The van der Waals surface area contributed by atoms with Crippen LogP contribution in [0.4, 0.5) is 0 Å². The zero-order valence-electron chi connectivity index (χ0n) is 14.9. The molecule has 0 aliphatic carbocycles. The van der Waals surface area contributed by atoms with Crippen LogP contribution in [0.25, 0.3) is 12.2 Å². The minimum atomic E-state index is -0.130. The second kappa shape index (κ2) is 7.85. The minimum absolute atomic E-state index is 0.130. The maximum atomic E-state index is 6.35. The van der Waals surface area contributed by atoms with Crippen LogP contribution >= 0.6 is 15.9 Å². The van der Waals surface area contributed by atoms with Crippen LogP contribution in [-0.4, -0.2) is 7.11 Å². The molecule has 0 radical (unpaired) electrons. The van der Waals surface area contributed by atoms with E-state index in [0.717, 1.165) is 38.2 Å². The molecule has 0 saturated carbocycles. The first-order valence-corrected chi connectivity index (χ1v) is 9.57. The van der Waals surface area contributed by atoms with Gasteiger partial charge in [0, 0.05) is 10.0 Å². The van der Waals surface area contributed by atoms with Gasteiger partial charge in [0.2, 0.25) is 0 Å². The highest BCUT2D eigenvalue weighted by Gasteiger charge is 2.22. The minimum Gasteiger partial charge on any atom is -0.497 e. The molecule has 3 aromatic carbocycles. The highest BCUT2D eigenvalue weighted by Crippen LogP contribution is 2.39. The van der Waals surface area contributed by atoms with Crippen LogP contribution in [0.15, 0.2) is 88.9 Å². The molecular formula is C24H19BrO2. The first-order chi connectivity index (χ1) is 13.2. The third-order valence-electron chi connectivity index (χ3n) is 4.53. The monoisotopic (exact) mass is 418 g/mol. The molecular weight excluding hydrogens is 400 g/mol. The van der Waals surface area contributed by atoms with Gasteiger partial charge < -0.3 is 9.47 Å². The average molecular weight is 419 g/mol. The normalized spacial score (nSPS) is 15.8. The van der Waals surface area contributed by atoms with E-state index in [4.69, 9.17) is 9.47 Å². The molecule has 1 atom stereocenters. The molecule has 3 aromatic rings. The Balaban J connectivity index is 1.71. The number of benzene rings is 3. The van der Waals surface area contributed by atoms with Crippen molar-refractivity contribution in [2.24, 2.45) is 0 Å². The van der Waals surface area contributed by atoms with Crippen molar-refractivity contribution >= 4 is 28.1 Å². The standard InChI is InChI=1S/C24H19BrO2/c1-26-22-12-8-17(9-13-22)7-10-19-15-20-16-21(25)11-14-23(20)27-24(19)18-5-3-2-4-6-18/h2-16,24H,1H3/b10-7-. The summed E-state index contributed by atoms with van der Waals surface area (Å²) in [7, 11) is 1.68. The lowest BCUT2D eigenvalue weighted by atomic mass is 9.95. The summed E-state index contributed by atoms with van der Waals surface area (Å²) in [5.74, 6) is 1.75. The summed E-state index contributed by atoms with van der Waals surface area (Å²) in [4.78, 5) is 0. The fraction of sp³-hybridized carbons (Fsp3) is 0.0833. The fourth-order valence-electron chi connectivity index (χ4n) is 3.12. The first kappa shape index (κ1) is 17.6. The molecule has 1 aliphatic rings. The summed E-state index contributed by atoms with van der Waals surface area (Å²) in [5, 5.41) is 0. The summed E-state index contributed by atoms with van der Waals surface area (Å²) in [6.45, 7) is 0. The molecule has 1 aliphatic heterocycles. The average Bonchev–Trinajstić information content (AvgIpc) is 2.72. The van der Waals surface area contributed by atoms with E-state index in [1.54, 1.807) is 7.11 Å². The summed E-state index contributed by atoms with van der Waals surface area (Å²) in [6, 6.07) is 24.4. The van der Waals surface area contributed by atoms with E-state index < -0.39 is 0 Å². The molecule has 0 fully saturated rings. The topological polar surface area (TPSA) is 18.5 Å². The van der Waals surface area contributed by atoms with Gasteiger partial charge in [0.25, 0.3) is 0 Å². The summed E-state index contributed by atoms with van der Waals surface area (Å²) >= 11 is 3.54. The third kappa shape index (κ3) is 3.99. The van der Waals surface area contributed by atoms with E-state index in [9.17, 15) is 0 Å². The Morgan fingerprint density at radius 1 is 0.926 bits per heavy atom. The van der Waals surface area contributed by atoms with E-state index in [1.165, 1.54) is 0 Å². The van der Waals surface area contributed by atoms with Gasteiger partial charge in [-0.1, -0.05) is 70.5 Å². The summed E-state index contributed by atoms with van der Waals surface area (Å²) in [6.07, 6.45) is 6.30. The van der Waals surface area contributed by atoms with Crippen LogP contribution in [0.2, 0.25) is 0 Å². The number of ether oxygens (including phenoxy) is 2. The van der Waals surface area contributed by atoms with Gasteiger partial charge in [-0.3, -0.25) is 0 Å². The highest BCUT2D eigenvalue weighted by molar-refractivity contribution is 9.10. The third-order valence-corrected chi connectivity index (χ3v) is 5.02. The van der Waals surface area contributed by atoms with E-state index in [2.05, 4.69) is 52.4 Å². The van der Waals surface area contributed by atoms with E-state index in [0.29, 0.717) is 0 Å². The van der Waals surface area contributed by atoms with Gasteiger partial charge in [-0.2, -0.15) is 0 Å². The Hall–Kier alpha value is -2.78. The van der Waals surface area contributed by atoms with Gasteiger partial charge in [-0.15, -0.1) is 0 Å². The Kier molecular flexibility index (Phi) is 5.12. The second-order valence-electron chi connectivity index (χ2n) is 6.34. The molecule has 1 heterocycles. The maximum Gasteiger partial charge on any atom is 0.149 e. The molecule has 27 heavy (non-hydrogen) atoms. The molecule has 4 rings (SSSR count). The number of hydrogen-bond donors (Lipinski definition) is 0. The second-order valence-corrected chi connectivity index (χ2v) is 7.26. The van der Waals surface area contributed by atoms with Crippen LogP contribution in [0, 0.1) is 0 Å². The largest absolute Gasteiger partial charge is 0.497 e. The molecule has 2 nitrogen and oxygen atoms in total. The van der Waals surface area contributed by atoms with Gasteiger partial charge in [0.05, 0.1) is 7.11 Å². The van der Waals surface area contributed by atoms with Crippen molar-refractivity contribution in [1.82, 2.24) is 0 Å².